The van der Waals surface area contributed by atoms with E-state index in [0.29, 0.717) is 5.82 Å². The minimum atomic E-state index is 0.710. The highest BCUT2D eigenvalue weighted by atomic mass is 127. The Bertz CT molecular complexity index is 634. The molecule has 0 fully saturated rings. The molecule has 0 unspecified atom stereocenters. The Hall–Kier alpha value is -0.890. The predicted molar refractivity (Wildman–Crippen MR) is 93.3 cm³/mol. The Morgan fingerprint density at radius 1 is 1.35 bits per heavy atom. The van der Waals surface area contributed by atoms with Crippen molar-refractivity contribution < 1.29 is 4.74 Å². The number of methoxy groups -OCH3 is 1. The first-order valence-corrected chi connectivity index (χ1v) is 8.06. The van der Waals surface area contributed by atoms with Crippen LogP contribution in [0, 0.1) is 10.5 Å². The molecule has 0 aliphatic heterocycles. The number of benzene rings is 1. The molecule has 0 amide bonds. The number of nitrogens with zero attached hydrogens (tertiary/aromatic N) is 2. The maximum absolute atomic E-state index is 5.24. The molecule has 1 aromatic heterocycles. The van der Waals surface area contributed by atoms with E-state index in [2.05, 4.69) is 60.7 Å². The summed E-state index contributed by atoms with van der Waals surface area (Å²) in [5.41, 5.74) is 1.93. The fourth-order valence-electron chi connectivity index (χ4n) is 1.78. The second-order valence-corrected chi connectivity index (χ2v) is 6.11. The Morgan fingerprint density at radius 2 is 2.10 bits per heavy atom. The standard InChI is InChI=1S/C14H15BrIN3O/c1-4-17-14-12(16)8(2)18-13(19-14)9-5-6-11(20-3)10(15)7-9/h5-7H,4H2,1-3H3,(H,17,18,19). The van der Waals surface area contributed by atoms with Crippen molar-refractivity contribution in [2.24, 2.45) is 0 Å². The Labute approximate surface area is 140 Å². The third-order valence-corrected chi connectivity index (χ3v) is 4.68. The van der Waals surface area contributed by atoms with E-state index in [-0.39, 0.29) is 0 Å². The molecule has 0 spiro atoms. The zero-order valence-electron chi connectivity index (χ0n) is 11.5. The van der Waals surface area contributed by atoms with Crippen molar-refractivity contribution in [3.05, 3.63) is 31.9 Å². The van der Waals surface area contributed by atoms with Gasteiger partial charge in [0.2, 0.25) is 0 Å². The number of nitrogens with one attached hydrogen (secondary N) is 1. The first-order chi connectivity index (χ1) is 9.56. The molecule has 1 aromatic carbocycles. The van der Waals surface area contributed by atoms with Crippen LogP contribution in [-0.2, 0) is 0 Å². The van der Waals surface area contributed by atoms with Crippen molar-refractivity contribution in [2.45, 2.75) is 13.8 Å². The van der Waals surface area contributed by atoms with Crippen LogP contribution in [0.4, 0.5) is 5.82 Å². The normalized spacial score (nSPS) is 10.4. The zero-order chi connectivity index (χ0) is 14.7. The summed E-state index contributed by atoms with van der Waals surface area (Å²) in [5.74, 6) is 2.38. The van der Waals surface area contributed by atoms with Crippen LogP contribution in [0.3, 0.4) is 0 Å². The number of hydrogen-bond donors (Lipinski definition) is 1. The smallest absolute Gasteiger partial charge is 0.161 e. The first-order valence-electron chi connectivity index (χ1n) is 6.18. The largest absolute Gasteiger partial charge is 0.496 e. The first kappa shape index (κ1) is 15.5. The van der Waals surface area contributed by atoms with E-state index in [1.807, 2.05) is 25.1 Å². The van der Waals surface area contributed by atoms with Gasteiger partial charge in [-0.1, -0.05) is 0 Å². The molecule has 0 bridgehead atoms. The topological polar surface area (TPSA) is 47.0 Å². The van der Waals surface area contributed by atoms with Gasteiger partial charge in [-0.25, -0.2) is 9.97 Å². The van der Waals surface area contributed by atoms with Crippen LogP contribution in [0.25, 0.3) is 11.4 Å². The molecule has 1 heterocycles. The molecule has 1 N–H and O–H groups in total. The lowest BCUT2D eigenvalue weighted by Gasteiger charge is -2.11. The summed E-state index contributed by atoms with van der Waals surface area (Å²) in [4.78, 5) is 9.16. The van der Waals surface area contributed by atoms with Gasteiger partial charge in [0.15, 0.2) is 5.82 Å². The molecule has 0 radical (unpaired) electrons. The average Bonchev–Trinajstić information content (AvgIpc) is 2.43. The van der Waals surface area contributed by atoms with Gasteiger partial charge >= 0.3 is 0 Å². The Balaban J connectivity index is 2.49. The molecule has 106 valence electrons. The fourth-order valence-corrected chi connectivity index (χ4v) is 2.75. The summed E-state index contributed by atoms with van der Waals surface area (Å²) in [6, 6.07) is 5.83. The monoisotopic (exact) mass is 447 g/mol. The SMILES string of the molecule is CCNc1nc(-c2ccc(OC)c(Br)c2)nc(C)c1I. The second-order valence-electron chi connectivity index (χ2n) is 4.17. The molecule has 4 nitrogen and oxygen atoms in total. The van der Waals surface area contributed by atoms with Crippen LogP contribution < -0.4 is 10.1 Å². The summed E-state index contributed by atoms with van der Waals surface area (Å²) < 4.78 is 7.19. The van der Waals surface area contributed by atoms with Crippen molar-refractivity contribution in [2.75, 3.05) is 19.0 Å². The van der Waals surface area contributed by atoms with Crippen LogP contribution in [0.15, 0.2) is 22.7 Å². The highest BCUT2D eigenvalue weighted by Crippen LogP contribution is 2.30. The molecule has 20 heavy (non-hydrogen) atoms. The Kier molecular flexibility index (Phi) is 5.20. The van der Waals surface area contributed by atoms with Crippen molar-refractivity contribution in [1.29, 1.82) is 0 Å². The second kappa shape index (κ2) is 6.71. The lowest BCUT2D eigenvalue weighted by molar-refractivity contribution is 0.412. The maximum atomic E-state index is 5.24. The molecular formula is C14H15BrIN3O. The highest BCUT2D eigenvalue weighted by Gasteiger charge is 2.11. The van der Waals surface area contributed by atoms with Crippen LogP contribution in [0.1, 0.15) is 12.6 Å². The van der Waals surface area contributed by atoms with Crippen molar-refractivity contribution in [3.8, 4) is 17.1 Å². The quantitative estimate of drug-likeness (QED) is 0.711. The van der Waals surface area contributed by atoms with Gasteiger partial charge in [0.1, 0.15) is 11.6 Å². The molecular weight excluding hydrogens is 433 g/mol. The summed E-state index contributed by atoms with van der Waals surface area (Å²) in [5, 5.41) is 3.27. The van der Waals surface area contributed by atoms with E-state index in [4.69, 9.17) is 4.74 Å². The van der Waals surface area contributed by atoms with Crippen molar-refractivity contribution >= 4 is 44.3 Å². The third kappa shape index (κ3) is 3.22. The number of aromatic nitrogens is 2. The Morgan fingerprint density at radius 3 is 2.70 bits per heavy atom. The lowest BCUT2D eigenvalue weighted by Crippen LogP contribution is -2.06. The van der Waals surface area contributed by atoms with E-state index in [1.165, 1.54) is 0 Å². The van der Waals surface area contributed by atoms with Gasteiger partial charge in [0, 0.05) is 12.1 Å². The van der Waals surface area contributed by atoms with Gasteiger partial charge in [-0.2, -0.15) is 0 Å². The minimum Gasteiger partial charge on any atom is -0.496 e. The average molecular weight is 448 g/mol. The molecule has 0 saturated heterocycles. The van der Waals surface area contributed by atoms with E-state index in [1.54, 1.807) is 7.11 Å². The number of halogens is 2. The van der Waals surface area contributed by atoms with Crippen LogP contribution in [-0.4, -0.2) is 23.6 Å². The van der Waals surface area contributed by atoms with Crippen molar-refractivity contribution in [3.63, 3.8) is 0 Å². The van der Waals surface area contributed by atoms with Crippen LogP contribution in [0.2, 0.25) is 0 Å². The minimum absolute atomic E-state index is 0.710. The van der Waals surface area contributed by atoms with Gasteiger partial charge in [0.25, 0.3) is 0 Å². The molecule has 0 aliphatic carbocycles. The van der Waals surface area contributed by atoms with Gasteiger partial charge in [-0.3, -0.25) is 0 Å². The predicted octanol–water partition coefficient (Wildman–Crippen LogP) is 4.26. The van der Waals surface area contributed by atoms with E-state index in [9.17, 15) is 0 Å². The van der Waals surface area contributed by atoms with Gasteiger partial charge in [-0.15, -0.1) is 0 Å². The number of rotatable bonds is 4. The fraction of sp³-hybridized carbons (Fsp3) is 0.286. The number of hydrogen-bond acceptors (Lipinski definition) is 4. The zero-order valence-corrected chi connectivity index (χ0v) is 15.2. The number of ether oxygens (including phenoxy) is 1. The molecule has 2 aromatic rings. The summed E-state index contributed by atoms with van der Waals surface area (Å²) in [7, 11) is 1.65. The molecule has 2 rings (SSSR count). The third-order valence-electron chi connectivity index (χ3n) is 2.77. The number of aryl methyl sites for hydroxylation is 1. The summed E-state index contributed by atoms with van der Waals surface area (Å²) >= 11 is 5.75. The van der Waals surface area contributed by atoms with Crippen LogP contribution >= 0.6 is 38.5 Å². The van der Waals surface area contributed by atoms with Gasteiger partial charge in [0.05, 0.1) is 20.8 Å². The highest BCUT2D eigenvalue weighted by molar-refractivity contribution is 14.1. The molecule has 0 aliphatic rings. The van der Waals surface area contributed by atoms with E-state index < -0.39 is 0 Å². The number of anilines is 1. The molecule has 0 saturated carbocycles. The van der Waals surface area contributed by atoms with Gasteiger partial charge < -0.3 is 10.1 Å². The lowest BCUT2D eigenvalue weighted by atomic mass is 10.2. The summed E-state index contributed by atoms with van der Waals surface area (Å²) in [6.45, 7) is 4.88. The van der Waals surface area contributed by atoms with E-state index >= 15 is 0 Å². The van der Waals surface area contributed by atoms with Gasteiger partial charge in [-0.05, 0) is 70.6 Å². The van der Waals surface area contributed by atoms with E-state index in [0.717, 1.165) is 37.4 Å². The summed E-state index contributed by atoms with van der Waals surface area (Å²) in [6.07, 6.45) is 0. The van der Waals surface area contributed by atoms with Crippen molar-refractivity contribution in [1.82, 2.24) is 9.97 Å². The molecule has 6 heteroatoms. The maximum Gasteiger partial charge on any atom is 0.161 e. The molecule has 0 atom stereocenters. The van der Waals surface area contributed by atoms with Crippen LogP contribution in [0.5, 0.6) is 5.75 Å².